The molecule has 1 aromatic carbocycles. The van der Waals surface area contributed by atoms with Gasteiger partial charge in [-0.3, -0.25) is 4.79 Å². The van der Waals surface area contributed by atoms with E-state index < -0.39 is 0 Å². The van der Waals surface area contributed by atoms with E-state index in [9.17, 15) is 4.79 Å². The molecule has 3 rings (SSSR count). The molecule has 2 heterocycles. The lowest BCUT2D eigenvalue weighted by Gasteiger charge is -2.23. The van der Waals surface area contributed by atoms with Gasteiger partial charge in [0, 0.05) is 23.5 Å². The van der Waals surface area contributed by atoms with E-state index in [1.165, 1.54) is 5.56 Å². The molecule has 3 nitrogen and oxygen atoms in total. The molecule has 1 N–H and O–H groups in total. The molecular weight excluding hydrogens is 200 g/mol. The minimum absolute atomic E-state index is 0.0342. The topological polar surface area (TPSA) is 34.0 Å². The number of nitrogens with one attached hydrogen (secondary N) is 1. The van der Waals surface area contributed by atoms with Crippen LogP contribution in [0.25, 0.3) is 10.9 Å². The molecule has 2 aromatic rings. The average Bonchev–Trinajstić information content (AvgIpc) is 2.63. The highest BCUT2D eigenvalue weighted by atomic mass is 16.2. The molecule has 1 amide bonds. The Labute approximate surface area is 94.1 Å². The molecule has 0 radical (unpaired) electrons. The Morgan fingerprint density at radius 2 is 2.19 bits per heavy atom. The van der Waals surface area contributed by atoms with Gasteiger partial charge in [-0.25, -0.2) is 0 Å². The van der Waals surface area contributed by atoms with Gasteiger partial charge in [-0.05, 0) is 32.0 Å². The fourth-order valence-electron chi connectivity index (χ4n) is 2.43. The van der Waals surface area contributed by atoms with Crippen LogP contribution in [0.3, 0.4) is 0 Å². The summed E-state index contributed by atoms with van der Waals surface area (Å²) in [5.74, 6) is 0.0342. The van der Waals surface area contributed by atoms with E-state index in [1.807, 2.05) is 6.07 Å². The van der Waals surface area contributed by atoms with Gasteiger partial charge >= 0.3 is 0 Å². The number of fused-ring (bicyclic) bond motifs is 3. The Morgan fingerprint density at radius 3 is 3.00 bits per heavy atom. The summed E-state index contributed by atoms with van der Waals surface area (Å²) in [7, 11) is 0. The molecule has 82 valence electrons. The molecule has 0 unspecified atom stereocenters. The van der Waals surface area contributed by atoms with Crippen molar-refractivity contribution in [3.8, 4) is 0 Å². The van der Waals surface area contributed by atoms with Crippen molar-refractivity contribution in [3.05, 3.63) is 35.5 Å². The van der Waals surface area contributed by atoms with Gasteiger partial charge in [0.25, 0.3) is 5.91 Å². The van der Waals surface area contributed by atoms with Crippen molar-refractivity contribution < 1.29 is 4.79 Å². The van der Waals surface area contributed by atoms with E-state index in [0.717, 1.165) is 16.6 Å². The molecule has 1 aliphatic heterocycles. The van der Waals surface area contributed by atoms with Crippen LogP contribution in [0.1, 0.15) is 29.0 Å². The maximum Gasteiger partial charge on any atom is 0.268 e. The molecule has 3 heteroatoms. The van der Waals surface area contributed by atoms with E-state index in [0.29, 0.717) is 12.6 Å². The Bertz CT molecular complexity index is 583. The van der Waals surface area contributed by atoms with Crippen LogP contribution < -0.4 is 5.32 Å². The fraction of sp³-hybridized carbons (Fsp3) is 0.308. The molecule has 0 bridgehead atoms. The van der Waals surface area contributed by atoms with Gasteiger partial charge in [-0.1, -0.05) is 11.6 Å². The molecule has 0 fully saturated rings. The Balaban J connectivity index is 2.36. The van der Waals surface area contributed by atoms with Gasteiger partial charge in [-0.15, -0.1) is 0 Å². The number of carbonyl (C=O) groups is 1. The number of amides is 1. The normalized spacial score (nSPS) is 19.6. The predicted molar refractivity (Wildman–Crippen MR) is 63.7 cm³/mol. The highest BCUT2D eigenvalue weighted by molar-refractivity contribution is 5.99. The van der Waals surface area contributed by atoms with E-state index >= 15 is 0 Å². The van der Waals surface area contributed by atoms with Crippen LogP contribution in [0.4, 0.5) is 0 Å². The van der Waals surface area contributed by atoms with Crippen LogP contribution in [0.15, 0.2) is 24.3 Å². The lowest BCUT2D eigenvalue weighted by atomic mass is 10.2. The first-order chi connectivity index (χ1) is 7.66. The minimum Gasteiger partial charge on any atom is -0.349 e. The van der Waals surface area contributed by atoms with Crippen molar-refractivity contribution in [3.63, 3.8) is 0 Å². The highest BCUT2D eigenvalue weighted by Crippen LogP contribution is 2.27. The summed E-state index contributed by atoms with van der Waals surface area (Å²) >= 11 is 0. The standard InChI is InChI=1S/C13H14N2O/c1-8-3-4-11-10(5-8)6-12-13(16)14-7-9(2)15(11)12/h3-6,9H,7H2,1-2H3,(H,14,16)/t9-/m1/s1. The first-order valence-corrected chi connectivity index (χ1v) is 5.56. The summed E-state index contributed by atoms with van der Waals surface area (Å²) in [6.07, 6.45) is 0. The van der Waals surface area contributed by atoms with Gasteiger partial charge in [-0.2, -0.15) is 0 Å². The van der Waals surface area contributed by atoms with Gasteiger partial charge in [0.05, 0.1) is 0 Å². The number of rotatable bonds is 0. The number of hydrogen-bond acceptors (Lipinski definition) is 1. The zero-order valence-corrected chi connectivity index (χ0v) is 9.45. The summed E-state index contributed by atoms with van der Waals surface area (Å²) in [6.45, 7) is 4.91. The van der Waals surface area contributed by atoms with Crippen LogP contribution in [0.2, 0.25) is 0 Å². The van der Waals surface area contributed by atoms with Crippen molar-refractivity contribution in [2.45, 2.75) is 19.9 Å². The second kappa shape index (κ2) is 3.11. The highest BCUT2D eigenvalue weighted by Gasteiger charge is 2.23. The zero-order chi connectivity index (χ0) is 11.3. The van der Waals surface area contributed by atoms with Gasteiger partial charge in [0.15, 0.2) is 0 Å². The number of carbonyl (C=O) groups excluding carboxylic acids is 1. The lowest BCUT2D eigenvalue weighted by Crippen LogP contribution is -2.37. The molecule has 0 saturated heterocycles. The maximum absolute atomic E-state index is 11.8. The number of aryl methyl sites for hydroxylation is 1. The third-order valence-corrected chi connectivity index (χ3v) is 3.23. The minimum atomic E-state index is 0.0342. The molecule has 0 spiro atoms. The molecule has 1 aromatic heterocycles. The second-order valence-electron chi connectivity index (χ2n) is 4.52. The molecule has 1 atom stereocenters. The third kappa shape index (κ3) is 1.18. The summed E-state index contributed by atoms with van der Waals surface area (Å²) in [4.78, 5) is 11.8. The van der Waals surface area contributed by atoms with Gasteiger partial charge in [0.2, 0.25) is 0 Å². The van der Waals surface area contributed by atoms with Crippen LogP contribution in [0, 0.1) is 6.92 Å². The number of nitrogens with zero attached hydrogens (tertiary/aromatic N) is 1. The first kappa shape index (κ1) is 9.46. The Morgan fingerprint density at radius 1 is 1.38 bits per heavy atom. The van der Waals surface area contributed by atoms with Crippen molar-refractivity contribution >= 4 is 16.8 Å². The number of aromatic nitrogens is 1. The van der Waals surface area contributed by atoms with Crippen molar-refractivity contribution in [2.24, 2.45) is 0 Å². The van der Waals surface area contributed by atoms with Crippen molar-refractivity contribution in [1.82, 2.24) is 9.88 Å². The summed E-state index contributed by atoms with van der Waals surface area (Å²) in [6, 6.07) is 8.62. The van der Waals surface area contributed by atoms with E-state index in [-0.39, 0.29) is 5.91 Å². The van der Waals surface area contributed by atoms with Crippen LogP contribution in [-0.2, 0) is 0 Å². The number of benzene rings is 1. The second-order valence-corrected chi connectivity index (χ2v) is 4.52. The molecule has 16 heavy (non-hydrogen) atoms. The molecule has 0 saturated carbocycles. The zero-order valence-electron chi connectivity index (χ0n) is 9.45. The smallest absolute Gasteiger partial charge is 0.268 e. The molecule has 1 aliphatic rings. The monoisotopic (exact) mass is 214 g/mol. The average molecular weight is 214 g/mol. The largest absolute Gasteiger partial charge is 0.349 e. The van der Waals surface area contributed by atoms with Crippen molar-refractivity contribution in [1.29, 1.82) is 0 Å². The molecular formula is C13H14N2O. The maximum atomic E-state index is 11.8. The lowest BCUT2D eigenvalue weighted by molar-refractivity contribution is 0.0919. The summed E-state index contributed by atoms with van der Waals surface area (Å²) in [5.41, 5.74) is 3.16. The van der Waals surface area contributed by atoms with E-state index in [4.69, 9.17) is 0 Å². The predicted octanol–water partition coefficient (Wildman–Crippen LogP) is 2.25. The SMILES string of the molecule is Cc1ccc2c(c1)cc1n2[C@H](C)CNC1=O. The van der Waals surface area contributed by atoms with Crippen LogP contribution in [-0.4, -0.2) is 17.0 Å². The van der Waals surface area contributed by atoms with E-state index in [1.54, 1.807) is 0 Å². The Kier molecular flexibility index (Phi) is 1.84. The van der Waals surface area contributed by atoms with Crippen molar-refractivity contribution in [2.75, 3.05) is 6.54 Å². The van der Waals surface area contributed by atoms with Gasteiger partial charge in [0.1, 0.15) is 5.69 Å². The summed E-state index contributed by atoms with van der Waals surface area (Å²) in [5, 5.41) is 4.06. The molecule has 0 aliphatic carbocycles. The quantitative estimate of drug-likeness (QED) is 0.717. The van der Waals surface area contributed by atoms with Crippen LogP contribution in [0.5, 0.6) is 0 Å². The fourth-order valence-corrected chi connectivity index (χ4v) is 2.43. The third-order valence-electron chi connectivity index (χ3n) is 3.23. The number of hydrogen-bond donors (Lipinski definition) is 1. The van der Waals surface area contributed by atoms with Crippen LogP contribution >= 0.6 is 0 Å². The summed E-state index contributed by atoms with van der Waals surface area (Å²) < 4.78 is 2.13. The Hall–Kier alpha value is -1.77. The first-order valence-electron chi connectivity index (χ1n) is 5.56. The van der Waals surface area contributed by atoms with Gasteiger partial charge < -0.3 is 9.88 Å². The van der Waals surface area contributed by atoms with E-state index in [2.05, 4.69) is 41.9 Å².